The van der Waals surface area contributed by atoms with Gasteiger partial charge in [-0.2, -0.15) is 5.10 Å². The second-order valence-corrected chi connectivity index (χ2v) is 5.45. The molecule has 0 aliphatic carbocycles. The van der Waals surface area contributed by atoms with Crippen LogP contribution >= 0.6 is 11.6 Å². The van der Waals surface area contributed by atoms with Crippen molar-refractivity contribution in [3.05, 3.63) is 40.0 Å². The molecule has 0 atom stereocenters. The van der Waals surface area contributed by atoms with Crippen LogP contribution in [-0.2, 0) is 12.8 Å². The predicted molar refractivity (Wildman–Crippen MR) is 79.5 cm³/mol. The third kappa shape index (κ3) is 2.12. The van der Waals surface area contributed by atoms with E-state index in [4.69, 9.17) is 16.7 Å². The van der Waals surface area contributed by atoms with Crippen LogP contribution in [0.5, 0.6) is 0 Å². The van der Waals surface area contributed by atoms with Crippen molar-refractivity contribution in [1.29, 1.82) is 0 Å². The van der Waals surface area contributed by atoms with Crippen molar-refractivity contribution < 1.29 is 0 Å². The van der Waals surface area contributed by atoms with Crippen LogP contribution < -0.4 is 5.32 Å². The zero-order valence-electron chi connectivity index (χ0n) is 11.3. The van der Waals surface area contributed by atoms with Gasteiger partial charge < -0.3 is 5.32 Å². The Kier molecular flexibility index (Phi) is 3.23. The van der Waals surface area contributed by atoms with E-state index in [1.54, 1.807) is 0 Å². The first-order valence-electron chi connectivity index (χ1n) is 6.82. The molecule has 0 saturated heterocycles. The molecule has 4 heteroatoms. The Morgan fingerprint density at radius 1 is 1.42 bits per heavy atom. The number of aryl methyl sites for hydroxylation is 2. The maximum atomic E-state index is 6.22. The fraction of sp³-hybridized carbons (Fsp3) is 0.400. The van der Waals surface area contributed by atoms with E-state index in [0.29, 0.717) is 0 Å². The first kappa shape index (κ1) is 12.5. The number of fused-ring (bicyclic) bond motifs is 1. The molecule has 0 amide bonds. The Hall–Kier alpha value is -1.48. The van der Waals surface area contributed by atoms with E-state index in [9.17, 15) is 0 Å². The monoisotopic (exact) mass is 275 g/mol. The van der Waals surface area contributed by atoms with Crippen LogP contribution in [0.3, 0.4) is 0 Å². The summed E-state index contributed by atoms with van der Waals surface area (Å²) in [6.07, 6.45) is 3.24. The predicted octanol–water partition coefficient (Wildman–Crippen LogP) is 3.75. The molecule has 0 saturated carbocycles. The smallest absolute Gasteiger partial charge is 0.133 e. The third-order valence-electron chi connectivity index (χ3n) is 3.62. The molecule has 3 rings (SSSR count). The highest BCUT2D eigenvalue weighted by atomic mass is 35.5. The van der Waals surface area contributed by atoms with Gasteiger partial charge in [-0.3, -0.25) is 0 Å². The van der Waals surface area contributed by atoms with Gasteiger partial charge in [0.15, 0.2) is 0 Å². The molecule has 0 unspecified atom stereocenters. The molecule has 2 aromatic rings. The Bertz CT molecular complexity index is 616. The van der Waals surface area contributed by atoms with Crippen molar-refractivity contribution >= 4 is 17.4 Å². The molecule has 1 aromatic heterocycles. The maximum absolute atomic E-state index is 6.22. The van der Waals surface area contributed by atoms with Gasteiger partial charge in [0.25, 0.3) is 0 Å². The molecule has 3 nitrogen and oxygen atoms in total. The summed E-state index contributed by atoms with van der Waals surface area (Å²) in [7, 11) is 0. The van der Waals surface area contributed by atoms with Gasteiger partial charge >= 0.3 is 0 Å². The Balaban J connectivity index is 2.09. The molecule has 100 valence electrons. The van der Waals surface area contributed by atoms with Crippen molar-refractivity contribution in [1.82, 2.24) is 9.78 Å². The van der Waals surface area contributed by atoms with Gasteiger partial charge in [0.05, 0.1) is 11.4 Å². The minimum absolute atomic E-state index is 0.789. The number of halogens is 1. The number of nitrogens with one attached hydrogen (secondary N) is 1. The van der Waals surface area contributed by atoms with E-state index in [-0.39, 0.29) is 0 Å². The van der Waals surface area contributed by atoms with Crippen LogP contribution in [0.4, 0.5) is 5.82 Å². The number of anilines is 1. The van der Waals surface area contributed by atoms with E-state index in [1.165, 1.54) is 11.3 Å². The van der Waals surface area contributed by atoms with Gasteiger partial charge in [-0.05, 0) is 37.5 Å². The van der Waals surface area contributed by atoms with E-state index < -0.39 is 0 Å². The average Bonchev–Trinajstić information content (AvgIpc) is 2.97. The average molecular weight is 276 g/mol. The summed E-state index contributed by atoms with van der Waals surface area (Å²) in [5.41, 5.74) is 4.72. The fourth-order valence-corrected chi connectivity index (χ4v) is 2.76. The standard InChI is InChI=1S/C15H18ClN3/c1-3-4-14-12-7-8-17-15(12)19(18-14)11-6-5-10(2)13(16)9-11/h5-6,9,17H,3-4,7-8H2,1-2H3. The first-order valence-corrected chi connectivity index (χ1v) is 7.19. The molecule has 2 heterocycles. The zero-order chi connectivity index (χ0) is 13.4. The largest absolute Gasteiger partial charge is 0.369 e. The summed E-state index contributed by atoms with van der Waals surface area (Å²) < 4.78 is 2.00. The van der Waals surface area contributed by atoms with Crippen LogP contribution in [0.1, 0.15) is 30.2 Å². The van der Waals surface area contributed by atoms with E-state index in [0.717, 1.165) is 47.9 Å². The lowest BCUT2D eigenvalue weighted by molar-refractivity contribution is 0.796. The van der Waals surface area contributed by atoms with Crippen molar-refractivity contribution in [2.24, 2.45) is 0 Å². The van der Waals surface area contributed by atoms with Gasteiger partial charge in [-0.15, -0.1) is 0 Å². The number of hydrogen-bond acceptors (Lipinski definition) is 2. The van der Waals surface area contributed by atoms with E-state index >= 15 is 0 Å². The zero-order valence-corrected chi connectivity index (χ0v) is 12.1. The highest BCUT2D eigenvalue weighted by Gasteiger charge is 2.22. The van der Waals surface area contributed by atoms with Gasteiger partial charge in [-0.25, -0.2) is 4.68 Å². The fourth-order valence-electron chi connectivity index (χ4n) is 2.58. The summed E-state index contributed by atoms with van der Waals surface area (Å²) >= 11 is 6.22. The topological polar surface area (TPSA) is 29.9 Å². The quantitative estimate of drug-likeness (QED) is 0.924. The third-order valence-corrected chi connectivity index (χ3v) is 4.03. The summed E-state index contributed by atoms with van der Waals surface area (Å²) in [4.78, 5) is 0. The second-order valence-electron chi connectivity index (χ2n) is 5.05. The van der Waals surface area contributed by atoms with E-state index in [2.05, 4.69) is 18.3 Å². The van der Waals surface area contributed by atoms with Gasteiger partial charge in [0, 0.05) is 17.1 Å². The molecule has 0 bridgehead atoms. The van der Waals surface area contributed by atoms with Gasteiger partial charge in [0.1, 0.15) is 5.82 Å². The normalized spacial score (nSPS) is 13.4. The Labute approximate surface area is 118 Å². The van der Waals surface area contributed by atoms with Crippen molar-refractivity contribution in [2.45, 2.75) is 33.1 Å². The number of rotatable bonds is 3. The lowest BCUT2D eigenvalue weighted by Gasteiger charge is -2.08. The molecule has 1 aromatic carbocycles. The maximum Gasteiger partial charge on any atom is 0.133 e. The SMILES string of the molecule is CCCc1nn(-c2ccc(C)c(Cl)c2)c2c1CCN2. The number of hydrogen-bond donors (Lipinski definition) is 1. The molecular weight excluding hydrogens is 258 g/mol. The van der Waals surface area contributed by atoms with E-state index in [1.807, 2.05) is 23.7 Å². The molecule has 1 N–H and O–H groups in total. The van der Waals surface area contributed by atoms with Gasteiger partial charge in [-0.1, -0.05) is 31.0 Å². The van der Waals surface area contributed by atoms with Crippen molar-refractivity contribution in [2.75, 3.05) is 11.9 Å². The Morgan fingerprint density at radius 3 is 3.00 bits per heavy atom. The van der Waals surface area contributed by atoms with Crippen LogP contribution in [0.2, 0.25) is 5.02 Å². The highest BCUT2D eigenvalue weighted by molar-refractivity contribution is 6.31. The lowest BCUT2D eigenvalue weighted by Crippen LogP contribution is -2.05. The highest BCUT2D eigenvalue weighted by Crippen LogP contribution is 2.30. The van der Waals surface area contributed by atoms with Crippen LogP contribution in [-0.4, -0.2) is 16.3 Å². The molecular formula is C15H18ClN3. The summed E-state index contributed by atoms with van der Waals surface area (Å²) in [6.45, 7) is 5.21. The Morgan fingerprint density at radius 2 is 2.26 bits per heavy atom. The summed E-state index contributed by atoms with van der Waals surface area (Å²) in [6, 6.07) is 6.10. The molecule has 0 radical (unpaired) electrons. The minimum atomic E-state index is 0.789. The van der Waals surface area contributed by atoms with Crippen molar-refractivity contribution in [3.8, 4) is 5.69 Å². The van der Waals surface area contributed by atoms with Crippen LogP contribution in [0, 0.1) is 6.92 Å². The van der Waals surface area contributed by atoms with Crippen LogP contribution in [0.25, 0.3) is 5.69 Å². The van der Waals surface area contributed by atoms with Gasteiger partial charge in [0.2, 0.25) is 0 Å². The summed E-state index contributed by atoms with van der Waals surface area (Å²) in [5, 5.41) is 8.98. The molecule has 1 aliphatic heterocycles. The second kappa shape index (κ2) is 4.89. The van der Waals surface area contributed by atoms with Crippen LogP contribution in [0.15, 0.2) is 18.2 Å². The number of benzene rings is 1. The number of aromatic nitrogens is 2. The molecule has 0 fully saturated rings. The molecule has 0 spiro atoms. The van der Waals surface area contributed by atoms with Crippen molar-refractivity contribution in [3.63, 3.8) is 0 Å². The minimum Gasteiger partial charge on any atom is -0.369 e. The first-order chi connectivity index (χ1) is 9.20. The lowest BCUT2D eigenvalue weighted by atomic mass is 10.1. The number of nitrogens with zero attached hydrogens (tertiary/aromatic N) is 2. The summed E-state index contributed by atoms with van der Waals surface area (Å²) in [5.74, 6) is 1.14. The molecule has 19 heavy (non-hydrogen) atoms. The molecule has 1 aliphatic rings.